The van der Waals surface area contributed by atoms with Crippen molar-refractivity contribution in [2.24, 2.45) is 0 Å². The summed E-state index contributed by atoms with van der Waals surface area (Å²) in [6.07, 6.45) is 1.11. The number of anilines is 2. The molecule has 29 heavy (non-hydrogen) atoms. The highest BCUT2D eigenvalue weighted by Gasteiger charge is 2.23. The van der Waals surface area contributed by atoms with Gasteiger partial charge in [0.15, 0.2) is 0 Å². The maximum atomic E-state index is 12.6. The van der Waals surface area contributed by atoms with E-state index in [1.54, 1.807) is 50.5 Å². The summed E-state index contributed by atoms with van der Waals surface area (Å²) in [5, 5.41) is 5.77. The van der Waals surface area contributed by atoms with Crippen LogP contribution >= 0.6 is 11.6 Å². The lowest BCUT2D eigenvalue weighted by atomic mass is 10.1. The number of amides is 3. The Kier molecular flexibility index (Phi) is 6.51. The van der Waals surface area contributed by atoms with Crippen molar-refractivity contribution in [2.75, 3.05) is 31.3 Å². The van der Waals surface area contributed by atoms with Crippen LogP contribution in [0.2, 0.25) is 5.02 Å². The van der Waals surface area contributed by atoms with Crippen LogP contribution in [0.25, 0.3) is 0 Å². The summed E-state index contributed by atoms with van der Waals surface area (Å²) in [6, 6.07) is 11.3. The first-order valence-electron chi connectivity index (χ1n) is 9.20. The quantitative estimate of drug-likeness (QED) is 0.783. The van der Waals surface area contributed by atoms with Gasteiger partial charge in [-0.2, -0.15) is 0 Å². The molecule has 0 radical (unpaired) electrons. The average Bonchev–Trinajstić information content (AvgIpc) is 3.23. The fraction of sp³-hybridized carbons (Fsp3) is 0.286. The number of carbonyl (C=O) groups excluding carboxylic acids is 3. The molecular formula is C21H22ClN3O4. The number of rotatable bonds is 5. The largest absolute Gasteiger partial charge is 0.368 e. The van der Waals surface area contributed by atoms with Gasteiger partial charge in [-0.15, -0.1) is 0 Å². The molecule has 152 valence electrons. The molecule has 1 aliphatic rings. The van der Waals surface area contributed by atoms with Crippen molar-refractivity contribution in [3.8, 4) is 0 Å². The highest BCUT2D eigenvalue weighted by atomic mass is 35.5. The fourth-order valence-electron chi connectivity index (χ4n) is 2.96. The van der Waals surface area contributed by atoms with E-state index >= 15 is 0 Å². The Morgan fingerprint density at radius 2 is 1.83 bits per heavy atom. The van der Waals surface area contributed by atoms with Crippen molar-refractivity contribution in [3.63, 3.8) is 0 Å². The monoisotopic (exact) mass is 415 g/mol. The molecule has 1 atom stereocenters. The van der Waals surface area contributed by atoms with Gasteiger partial charge in [-0.1, -0.05) is 17.7 Å². The molecule has 1 fully saturated rings. The van der Waals surface area contributed by atoms with Crippen molar-refractivity contribution in [2.45, 2.75) is 18.9 Å². The lowest BCUT2D eigenvalue weighted by Crippen LogP contribution is -2.27. The first-order chi connectivity index (χ1) is 13.8. The number of nitrogens with one attached hydrogen (secondary N) is 2. The molecule has 7 nitrogen and oxygen atoms in total. The summed E-state index contributed by atoms with van der Waals surface area (Å²) in [4.78, 5) is 38.2. The molecule has 0 unspecified atom stereocenters. The Balaban J connectivity index is 1.68. The maximum Gasteiger partial charge on any atom is 0.255 e. The third kappa shape index (κ3) is 5.13. The number of benzene rings is 2. The molecule has 1 heterocycles. The average molecular weight is 416 g/mol. The summed E-state index contributed by atoms with van der Waals surface area (Å²) < 4.78 is 5.37. The second kappa shape index (κ2) is 9.07. The Labute approximate surface area is 174 Å². The molecule has 2 N–H and O–H groups in total. The van der Waals surface area contributed by atoms with E-state index in [1.165, 1.54) is 11.0 Å². The normalized spacial score (nSPS) is 15.6. The Morgan fingerprint density at radius 1 is 1.07 bits per heavy atom. The number of nitrogens with zero attached hydrogens (tertiary/aromatic N) is 1. The number of hydrogen-bond donors (Lipinski definition) is 2. The van der Waals surface area contributed by atoms with Crippen molar-refractivity contribution in [1.82, 2.24) is 4.90 Å². The van der Waals surface area contributed by atoms with Crippen LogP contribution in [0.1, 0.15) is 33.6 Å². The van der Waals surface area contributed by atoms with E-state index < -0.39 is 6.10 Å². The molecule has 1 aliphatic heterocycles. The van der Waals surface area contributed by atoms with Gasteiger partial charge in [0, 0.05) is 37.6 Å². The van der Waals surface area contributed by atoms with Gasteiger partial charge < -0.3 is 20.3 Å². The van der Waals surface area contributed by atoms with E-state index in [-0.39, 0.29) is 22.7 Å². The van der Waals surface area contributed by atoms with E-state index in [0.717, 1.165) is 6.42 Å². The molecule has 0 spiro atoms. The smallest absolute Gasteiger partial charge is 0.255 e. The first kappa shape index (κ1) is 20.8. The second-order valence-corrected chi connectivity index (χ2v) is 7.33. The van der Waals surface area contributed by atoms with Gasteiger partial charge >= 0.3 is 0 Å². The van der Waals surface area contributed by atoms with Gasteiger partial charge in [-0.25, -0.2) is 0 Å². The fourth-order valence-corrected chi connectivity index (χ4v) is 3.22. The van der Waals surface area contributed by atoms with Crippen LogP contribution in [0.5, 0.6) is 0 Å². The summed E-state index contributed by atoms with van der Waals surface area (Å²) in [5.41, 5.74) is 1.71. The summed E-state index contributed by atoms with van der Waals surface area (Å²) >= 11 is 6.18. The molecule has 3 amide bonds. The van der Waals surface area contributed by atoms with Gasteiger partial charge in [-0.3, -0.25) is 14.4 Å². The minimum Gasteiger partial charge on any atom is -0.368 e. The van der Waals surface area contributed by atoms with Crippen molar-refractivity contribution in [1.29, 1.82) is 0 Å². The number of carbonyl (C=O) groups is 3. The molecule has 0 saturated carbocycles. The molecule has 0 bridgehead atoms. The molecule has 0 aromatic heterocycles. The van der Waals surface area contributed by atoms with Crippen LogP contribution in [0.4, 0.5) is 11.4 Å². The minimum atomic E-state index is -0.446. The van der Waals surface area contributed by atoms with E-state index in [1.807, 2.05) is 0 Å². The summed E-state index contributed by atoms with van der Waals surface area (Å²) in [6.45, 7) is 0.585. The van der Waals surface area contributed by atoms with Gasteiger partial charge in [0.25, 0.3) is 17.7 Å². The van der Waals surface area contributed by atoms with E-state index in [9.17, 15) is 14.4 Å². The van der Waals surface area contributed by atoms with Crippen LogP contribution in [-0.4, -0.2) is 49.4 Å². The SMILES string of the molecule is CN(C)C(=O)c1ccc(NC(=O)c2cccc(NC(=O)[C@@H]3CCCO3)c2)cc1Cl. The van der Waals surface area contributed by atoms with E-state index in [4.69, 9.17) is 16.3 Å². The zero-order valence-corrected chi connectivity index (χ0v) is 17.0. The second-order valence-electron chi connectivity index (χ2n) is 6.92. The van der Waals surface area contributed by atoms with Crippen LogP contribution in [-0.2, 0) is 9.53 Å². The predicted molar refractivity (Wildman–Crippen MR) is 111 cm³/mol. The number of hydrogen-bond acceptors (Lipinski definition) is 4. The zero-order valence-electron chi connectivity index (χ0n) is 16.2. The van der Waals surface area contributed by atoms with E-state index in [0.29, 0.717) is 35.5 Å². The number of ether oxygens (including phenoxy) is 1. The Hall–Kier alpha value is -2.90. The predicted octanol–water partition coefficient (Wildman–Crippen LogP) is 3.41. The van der Waals surface area contributed by atoms with Crippen LogP contribution in [0, 0.1) is 0 Å². The van der Waals surface area contributed by atoms with E-state index in [2.05, 4.69) is 10.6 Å². The maximum absolute atomic E-state index is 12.6. The molecule has 2 aromatic carbocycles. The lowest BCUT2D eigenvalue weighted by molar-refractivity contribution is -0.124. The van der Waals surface area contributed by atoms with Crippen molar-refractivity contribution >= 4 is 40.7 Å². The molecule has 0 aliphatic carbocycles. The van der Waals surface area contributed by atoms with Gasteiger partial charge in [-0.05, 0) is 49.2 Å². The Morgan fingerprint density at radius 3 is 2.48 bits per heavy atom. The molecule has 3 rings (SSSR count). The van der Waals surface area contributed by atoms with Crippen LogP contribution in [0.15, 0.2) is 42.5 Å². The van der Waals surface area contributed by atoms with Crippen molar-refractivity contribution < 1.29 is 19.1 Å². The van der Waals surface area contributed by atoms with Gasteiger partial charge in [0.05, 0.1) is 10.6 Å². The highest BCUT2D eigenvalue weighted by molar-refractivity contribution is 6.34. The lowest BCUT2D eigenvalue weighted by Gasteiger charge is -2.13. The molecule has 2 aromatic rings. The standard InChI is InChI=1S/C21H22ClN3O4/c1-25(2)21(28)16-9-8-15(12-17(16)22)23-19(26)13-5-3-6-14(11-13)24-20(27)18-7-4-10-29-18/h3,5-6,8-9,11-12,18H,4,7,10H2,1-2H3,(H,23,26)(H,24,27)/t18-/m0/s1. The minimum absolute atomic E-state index is 0.215. The van der Waals surface area contributed by atoms with Crippen LogP contribution in [0.3, 0.4) is 0 Å². The van der Waals surface area contributed by atoms with Gasteiger partial charge in [0.2, 0.25) is 0 Å². The number of halogens is 1. The van der Waals surface area contributed by atoms with Crippen molar-refractivity contribution in [3.05, 3.63) is 58.6 Å². The summed E-state index contributed by atoms with van der Waals surface area (Å²) in [5.74, 6) is -0.795. The van der Waals surface area contributed by atoms with Crippen LogP contribution < -0.4 is 10.6 Å². The molecular weight excluding hydrogens is 394 g/mol. The molecule has 8 heteroatoms. The first-order valence-corrected chi connectivity index (χ1v) is 9.58. The third-order valence-corrected chi connectivity index (χ3v) is 4.79. The van der Waals surface area contributed by atoms with Gasteiger partial charge in [0.1, 0.15) is 6.10 Å². The molecule has 1 saturated heterocycles. The Bertz CT molecular complexity index is 939. The summed E-state index contributed by atoms with van der Waals surface area (Å²) in [7, 11) is 3.28. The highest BCUT2D eigenvalue weighted by Crippen LogP contribution is 2.23. The third-order valence-electron chi connectivity index (χ3n) is 4.48. The zero-order chi connectivity index (χ0) is 21.0. The topological polar surface area (TPSA) is 87.7 Å².